The highest BCUT2D eigenvalue weighted by Crippen LogP contribution is 2.13. The molecule has 0 aliphatic heterocycles. The number of hydrogen-bond acceptors (Lipinski definition) is 2. The molecular formula is C12H12N2O. The van der Waals surface area contributed by atoms with Crippen LogP contribution in [-0.4, -0.2) is 9.55 Å². The second kappa shape index (κ2) is 4.09. The molecule has 1 aromatic heterocycles. The summed E-state index contributed by atoms with van der Waals surface area (Å²) in [4.78, 5) is 15.8. The van der Waals surface area contributed by atoms with E-state index in [2.05, 4.69) is 4.98 Å². The van der Waals surface area contributed by atoms with Gasteiger partial charge < -0.3 is 0 Å². The topological polar surface area (TPSA) is 34.9 Å². The molecule has 0 fully saturated rings. The van der Waals surface area contributed by atoms with Crippen LogP contribution in [0.2, 0.25) is 0 Å². The molecule has 3 heteroatoms. The molecule has 0 spiro atoms. The SMILES string of the molecule is CCn1c(-c2ccccc2)nccc1=O. The maximum Gasteiger partial charge on any atom is 0.253 e. The first-order chi connectivity index (χ1) is 7.33. The lowest BCUT2D eigenvalue weighted by Crippen LogP contribution is -2.20. The van der Waals surface area contributed by atoms with Gasteiger partial charge >= 0.3 is 0 Å². The van der Waals surface area contributed by atoms with Gasteiger partial charge in [0.2, 0.25) is 0 Å². The van der Waals surface area contributed by atoms with E-state index in [0.717, 1.165) is 11.4 Å². The fraction of sp³-hybridized carbons (Fsp3) is 0.167. The third-order valence-electron chi connectivity index (χ3n) is 2.28. The van der Waals surface area contributed by atoms with E-state index in [0.29, 0.717) is 6.54 Å². The molecule has 0 saturated carbocycles. The van der Waals surface area contributed by atoms with Crippen LogP contribution in [0.25, 0.3) is 11.4 Å². The highest BCUT2D eigenvalue weighted by atomic mass is 16.1. The molecule has 0 N–H and O–H groups in total. The van der Waals surface area contributed by atoms with Crippen LogP contribution in [0.5, 0.6) is 0 Å². The zero-order valence-corrected chi connectivity index (χ0v) is 8.55. The Hall–Kier alpha value is -1.90. The first kappa shape index (κ1) is 9.65. The van der Waals surface area contributed by atoms with Crippen molar-refractivity contribution in [2.75, 3.05) is 0 Å². The summed E-state index contributed by atoms with van der Waals surface area (Å²) in [5.41, 5.74) is 0.961. The molecule has 0 aliphatic rings. The van der Waals surface area contributed by atoms with E-state index in [1.807, 2.05) is 37.3 Å². The van der Waals surface area contributed by atoms with Gasteiger partial charge in [-0.3, -0.25) is 9.36 Å². The Morgan fingerprint density at radius 2 is 1.93 bits per heavy atom. The minimum absolute atomic E-state index is 0.00801. The summed E-state index contributed by atoms with van der Waals surface area (Å²) in [7, 11) is 0. The Labute approximate surface area is 88.0 Å². The Bertz CT molecular complexity index is 503. The zero-order valence-electron chi connectivity index (χ0n) is 8.55. The summed E-state index contributed by atoms with van der Waals surface area (Å²) in [6.07, 6.45) is 1.55. The summed E-state index contributed by atoms with van der Waals surface area (Å²) in [6.45, 7) is 2.58. The van der Waals surface area contributed by atoms with Crippen LogP contribution in [0.15, 0.2) is 47.4 Å². The van der Waals surface area contributed by atoms with E-state index in [1.54, 1.807) is 10.8 Å². The van der Waals surface area contributed by atoms with E-state index in [9.17, 15) is 4.79 Å². The minimum atomic E-state index is -0.00801. The molecule has 1 aromatic carbocycles. The van der Waals surface area contributed by atoms with E-state index < -0.39 is 0 Å². The van der Waals surface area contributed by atoms with Gasteiger partial charge in [0.1, 0.15) is 5.82 Å². The second-order valence-corrected chi connectivity index (χ2v) is 3.22. The van der Waals surface area contributed by atoms with E-state index in [-0.39, 0.29) is 5.56 Å². The lowest BCUT2D eigenvalue weighted by Gasteiger charge is -2.08. The summed E-state index contributed by atoms with van der Waals surface area (Å²) >= 11 is 0. The lowest BCUT2D eigenvalue weighted by molar-refractivity contribution is 0.717. The van der Waals surface area contributed by atoms with Crippen LogP contribution in [0.1, 0.15) is 6.92 Å². The van der Waals surface area contributed by atoms with Crippen LogP contribution in [-0.2, 0) is 6.54 Å². The van der Waals surface area contributed by atoms with Gasteiger partial charge in [-0.25, -0.2) is 4.98 Å². The van der Waals surface area contributed by atoms with Crippen molar-refractivity contribution in [1.29, 1.82) is 0 Å². The van der Waals surface area contributed by atoms with Crippen molar-refractivity contribution < 1.29 is 0 Å². The quantitative estimate of drug-likeness (QED) is 0.742. The molecule has 0 saturated heterocycles. The zero-order chi connectivity index (χ0) is 10.7. The van der Waals surface area contributed by atoms with Crippen LogP contribution < -0.4 is 5.56 Å². The molecule has 0 aliphatic carbocycles. The third-order valence-corrected chi connectivity index (χ3v) is 2.28. The van der Waals surface area contributed by atoms with Gasteiger partial charge in [-0.05, 0) is 6.92 Å². The van der Waals surface area contributed by atoms with Crippen molar-refractivity contribution in [2.24, 2.45) is 0 Å². The van der Waals surface area contributed by atoms with E-state index >= 15 is 0 Å². The summed E-state index contributed by atoms with van der Waals surface area (Å²) in [5.74, 6) is 0.727. The largest absolute Gasteiger partial charge is 0.293 e. The van der Waals surface area contributed by atoms with Gasteiger partial charge in [-0.2, -0.15) is 0 Å². The number of nitrogens with zero attached hydrogens (tertiary/aromatic N) is 2. The van der Waals surface area contributed by atoms with Crippen molar-refractivity contribution >= 4 is 0 Å². The first-order valence-corrected chi connectivity index (χ1v) is 4.94. The standard InChI is InChI=1S/C12H12N2O/c1-2-14-11(15)8-9-13-12(14)10-6-4-3-5-7-10/h3-9H,2H2,1H3. The Morgan fingerprint density at radius 3 is 2.60 bits per heavy atom. The number of hydrogen-bond donors (Lipinski definition) is 0. The monoisotopic (exact) mass is 200 g/mol. The lowest BCUT2D eigenvalue weighted by atomic mass is 10.2. The molecule has 3 nitrogen and oxygen atoms in total. The molecule has 0 radical (unpaired) electrons. The van der Waals surface area contributed by atoms with Crippen molar-refractivity contribution in [3.8, 4) is 11.4 Å². The van der Waals surface area contributed by atoms with Crippen molar-refractivity contribution in [3.63, 3.8) is 0 Å². The van der Waals surface area contributed by atoms with Crippen LogP contribution >= 0.6 is 0 Å². The maximum atomic E-state index is 11.6. The van der Waals surface area contributed by atoms with Gasteiger partial charge in [0.25, 0.3) is 5.56 Å². The summed E-state index contributed by atoms with van der Waals surface area (Å²) < 4.78 is 1.66. The predicted molar refractivity (Wildman–Crippen MR) is 59.6 cm³/mol. The van der Waals surface area contributed by atoms with E-state index in [4.69, 9.17) is 0 Å². The molecule has 2 aromatic rings. The number of rotatable bonds is 2. The number of benzene rings is 1. The third kappa shape index (κ3) is 1.81. The highest BCUT2D eigenvalue weighted by molar-refractivity contribution is 5.54. The number of aromatic nitrogens is 2. The molecule has 0 bridgehead atoms. The smallest absolute Gasteiger partial charge is 0.253 e. The Balaban J connectivity index is 2.63. The molecular weight excluding hydrogens is 188 g/mol. The summed E-state index contributed by atoms with van der Waals surface area (Å²) in [6, 6.07) is 11.2. The molecule has 76 valence electrons. The predicted octanol–water partition coefficient (Wildman–Crippen LogP) is 1.93. The second-order valence-electron chi connectivity index (χ2n) is 3.22. The molecule has 0 amide bonds. The van der Waals surface area contributed by atoms with Gasteiger partial charge in [-0.15, -0.1) is 0 Å². The molecule has 0 atom stereocenters. The molecule has 15 heavy (non-hydrogen) atoms. The van der Waals surface area contributed by atoms with Crippen LogP contribution in [0.4, 0.5) is 0 Å². The van der Waals surface area contributed by atoms with Crippen LogP contribution in [0.3, 0.4) is 0 Å². The highest BCUT2D eigenvalue weighted by Gasteiger charge is 2.04. The Morgan fingerprint density at radius 1 is 1.20 bits per heavy atom. The fourth-order valence-electron chi connectivity index (χ4n) is 1.56. The molecule has 1 heterocycles. The Kier molecular flexibility index (Phi) is 2.63. The average molecular weight is 200 g/mol. The van der Waals surface area contributed by atoms with Crippen molar-refractivity contribution in [2.45, 2.75) is 13.5 Å². The first-order valence-electron chi connectivity index (χ1n) is 4.94. The fourth-order valence-corrected chi connectivity index (χ4v) is 1.56. The molecule has 2 rings (SSSR count). The van der Waals surface area contributed by atoms with Gasteiger partial charge in [0, 0.05) is 24.4 Å². The van der Waals surface area contributed by atoms with E-state index in [1.165, 1.54) is 6.07 Å². The van der Waals surface area contributed by atoms with Gasteiger partial charge in [0.05, 0.1) is 0 Å². The van der Waals surface area contributed by atoms with Crippen molar-refractivity contribution in [1.82, 2.24) is 9.55 Å². The summed E-state index contributed by atoms with van der Waals surface area (Å²) in [5, 5.41) is 0. The van der Waals surface area contributed by atoms with Crippen molar-refractivity contribution in [3.05, 3.63) is 52.9 Å². The normalized spacial score (nSPS) is 10.2. The van der Waals surface area contributed by atoms with Crippen LogP contribution in [0, 0.1) is 0 Å². The maximum absolute atomic E-state index is 11.6. The molecule has 0 unspecified atom stereocenters. The van der Waals surface area contributed by atoms with Gasteiger partial charge in [-0.1, -0.05) is 30.3 Å². The average Bonchev–Trinajstić information content (AvgIpc) is 2.30. The minimum Gasteiger partial charge on any atom is -0.293 e. The van der Waals surface area contributed by atoms with Gasteiger partial charge in [0.15, 0.2) is 0 Å².